The highest BCUT2D eigenvalue weighted by molar-refractivity contribution is 5.87. The highest BCUT2D eigenvalue weighted by Gasteiger charge is 2.33. The summed E-state index contributed by atoms with van der Waals surface area (Å²) in [4.78, 5) is 26.5. The van der Waals surface area contributed by atoms with E-state index in [-0.39, 0.29) is 24.0 Å². The van der Waals surface area contributed by atoms with Gasteiger partial charge in [-0.05, 0) is 38.5 Å². The van der Waals surface area contributed by atoms with Crippen molar-refractivity contribution >= 4 is 16.9 Å². The Balaban J connectivity index is 1.89. The van der Waals surface area contributed by atoms with E-state index in [1.54, 1.807) is 24.1 Å². The second-order valence-corrected chi connectivity index (χ2v) is 7.09. The molecule has 3 rings (SSSR count). The molecule has 134 valence electrons. The number of carbonyl (C=O) groups excluding carboxylic acids is 1. The van der Waals surface area contributed by atoms with Gasteiger partial charge < -0.3 is 18.8 Å². The molecule has 25 heavy (non-hydrogen) atoms. The van der Waals surface area contributed by atoms with Gasteiger partial charge in [0.05, 0.1) is 25.2 Å². The molecule has 0 aliphatic carbocycles. The number of hydrogen-bond donors (Lipinski definition) is 0. The quantitative estimate of drug-likeness (QED) is 0.799. The molecule has 1 aliphatic heterocycles. The maximum atomic E-state index is 12.8. The summed E-state index contributed by atoms with van der Waals surface area (Å²) in [6, 6.07) is 6.65. The van der Waals surface area contributed by atoms with E-state index in [0.29, 0.717) is 30.0 Å². The average Bonchev–Trinajstić information content (AvgIpc) is 2.52. The van der Waals surface area contributed by atoms with Crippen LogP contribution in [0.4, 0.5) is 0 Å². The summed E-state index contributed by atoms with van der Waals surface area (Å²) in [6.45, 7) is 6.99. The van der Waals surface area contributed by atoms with Crippen LogP contribution in [0.3, 0.4) is 0 Å². The number of fused-ring (bicyclic) bond motifs is 1. The lowest BCUT2D eigenvalue weighted by molar-refractivity contribution is -0.157. The van der Waals surface area contributed by atoms with Crippen molar-refractivity contribution in [1.29, 1.82) is 0 Å². The van der Waals surface area contributed by atoms with Crippen LogP contribution in [-0.2, 0) is 16.0 Å². The van der Waals surface area contributed by atoms with Gasteiger partial charge in [-0.15, -0.1) is 0 Å². The van der Waals surface area contributed by atoms with Crippen LogP contribution in [0, 0.1) is 0 Å². The first-order valence-corrected chi connectivity index (χ1v) is 8.34. The molecule has 1 aromatic carbocycles. The summed E-state index contributed by atoms with van der Waals surface area (Å²) in [5, 5.41) is 0.745. The van der Waals surface area contributed by atoms with Crippen LogP contribution < -0.4 is 10.4 Å². The lowest BCUT2D eigenvalue weighted by Crippen LogP contribution is -2.54. The molecule has 0 radical (unpaired) electrons. The summed E-state index contributed by atoms with van der Waals surface area (Å²) in [5.41, 5.74) is 0.235. The number of rotatable bonds is 3. The van der Waals surface area contributed by atoms with E-state index < -0.39 is 5.63 Å². The summed E-state index contributed by atoms with van der Waals surface area (Å²) in [7, 11) is 1.55. The summed E-state index contributed by atoms with van der Waals surface area (Å²) < 4.78 is 16.2. The van der Waals surface area contributed by atoms with Crippen molar-refractivity contribution in [2.75, 3.05) is 20.2 Å². The molecule has 0 spiro atoms. The molecule has 1 amide bonds. The fourth-order valence-electron chi connectivity index (χ4n) is 3.40. The Hall–Kier alpha value is -2.34. The van der Waals surface area contributed by atoms with Gasteiger partial charge in [0.15, 0.2) is 0 Å². The van der Waals surface area contributed by atoms with Crippen LogP contribution >= 0.6 is 0 Å². The predicted molar refractivity (Wildman–Crippen MR) is 93.9 cm³/mol. The highest BCUT2D eigenvalue weighted by atomic mass is 16.5. The number of ether oxygens (including phenoxy) is 2. The van der Waals surface area contributed by atoms with E-state index in [1.807, 2.05) is 26.8 Å². The van der Waals surface area contributed by atoms with Crippen LogP contribution in [0.15, 0.2) is 33.5 Å². The van der Waals surface area contributed by atoms with E-state index in [1.165, 1.54) is 6.07 Å². The Morgan fingerprint density at radius 2 is 2.12 bits per heavy atom. The van der Waals surface area contributed by atoms with Crippen molar-refractivity contribution in [3.8, 4) is 5.75 Å². The number of hydrogen-bond acceptors (Lipinski definition) is 5. The summed E-state index contributed by atoms with van der Waals surface area (Å²) >= 11 is 0. The van der Waals surface area contributed by atoms with E-state index in [0.717, 1.165) is 5.39 Å². The molecule has 6 nitrogen and oxygen atoms in total. The van der Waals surface area contributed by atoms with Crippen LogP contribution in [0.25, 0.3) is 11.0 Å². The monoisotopic (exact) mass is 345 g/mol. The van der Waals surface area contributed by atoms with Crippen molar-refractivity contribution < 1.29 is 18.7 Å². The molecule has 1 aromatic heterocycles. The van der Waals surface area contributed by atoms with Crippen molar-refractivity contribution in [3.63, 3.8) is 0 Å². The maximum Gasteiger partial charge on any atom is 0.336 e. The fraction of sp³-hybridized carbons (Fsp3) is 0.474. The molecule has 2 heterocycles. The van der Waals surface area contributed by atoms with Gasteiger partial charge in [-0.2, -0.15) is 0 Å². The topological polar surface area (TPSA) is 69.0 Å². The first kappa shape index (κ1) is 17.5. The zero-order valence-corrected chi connectivity index (χ0v) is 15.0. The second kappa shape index (κ2) is 6.52. The van der Waals surface area contributed by atoms with Gasteiger partial charge in [0.2, 0.25) is 5.91 Å². The van der Waals surface area contributed by atoms with Crippen molar-refractivity contribution in [2.45, 2.75) is 38.9 Å². The highest BCUT2D eigenvalue weighted by Crippen LogP contribution is 2.25. The van der Waals surface area contributed by atoms with E-state index in [4.69, 9.17) is 13.9 Å². The fourth-order valence-corrected chi connectivity index (χ4v) is 3.40. The van der Waals surface area contributed by atoms with Gasteiger partial charge in [-0.3, -0.25) is 4.79 Å². The van der Waals surface area contributed by atoms with Crippen molar-refractivity contribution in [1.82, 2.24) is 4.90 Å². The number of morpholine rings is 1. The zero-order chi connectivity index (χ0) is 18.2. The Morgan fingerprint density at radius 3 is 2.80 bits per heavy atom. The van der Waals surface area contributed by atoms with E-state index in [2.05, 4.69) is 0 Å². The second-order valence-electron chi connectivity index (χ2n) is 7.09. The molecular weight excluding hydrogens is 322 g/mol. The normalized spacial score (nSPS) is 19.8. The molecule has 1 saturated heterocycles. The Morgan fingerprint density at radius 1 is 1.36 bits per heavy atom. The molecule has 1 fully saturated rings. The molecular formula is C19H23NO5. The van der Waals surface area contributed by atoms with Gasteiger partial charge in [-0.25, -0.2) is 4.79 Å². The van der Waals surface area contributed by atoms with Crippen molar-refractivity contribution in [2.24, 2.45) is 0 Å². The smallest absolute Gasteiger partial charge is 0.336 e. The molecule has 0 bridgehead atoms. The minimum Gasteiger partial charge on any atom is -0.497 e. The summed E-state index contributed by atoms with van der Waals surface area (Å²) in [5.74, 6) is 0.578. The predicted octanol–water partition coefficient (Wildman–Crippen LogP) is 2.37. The largest absolute Gasteiger partial charge is 0.497 e. The lowest BCUT2D eigenvalue weighted by atomic mass is 10.0. The molecule has 0 saturated carbocycles. The third-order valence-electron chi connectivity index (χ3n) is 4.30. The van der Waals surface area contributed by atoms with E-state index >= 15 is 0 Å². The Bertz CT molecular complexity index is 855. The lowest BCUT2D eigenvalue weighted by Gasteiger charge is -2.41. The number of amides is 1. The van der Waals surface area contributed by atoms with Crippen LogP contribution in [0.5, 0.6) is 5.75 Å². The number of nitrogens with zero attached hydrogens (tertiary/aromatic N) is 1. The first-order chi connectivity index (χ1) is 11.8. The van der Waals surface area contributed by atoms with Gasteiger partial charge in [-0.1, -0.05) is 0 Å². The molecule has 2 aromatic rings. The third-order valence-corrected chi connectivity index (χ3v) is 4.30. The minimum atomic E-state index is -0.473. The third kappa shape index (κ3) is 3.85. The van der Waals surface area contributed by atoms with Crippen LogP contribution in [0.1, 0.15) is 26.3 Å². The molecule has 1 aliphatic rings. The van der Waals surface area contributed by atoms with E-state index in [9.17, 15) is 9.59 Å². The average molecular weight is 345 g/mol. The SMILES string of the molecule is COc1ccc2c(CC(=O)N3C[C@@H](C)OC(C)(C)C3)cc(=O)oc2c1. The standard InChI is InChI=1S/C19H23NO5/c1-12-10-20(11-19(2,3)25-12)17(21)7-13-8-18(22)24-16-9-14(23-4)5-6-15(13)16/h5-6,8-9,12H,7,10-11H2,1-4H3/t12-/m1/s1. The molecule has 0 unspecified atom stereocenters. The first-order valence-electron chi connectivity index (χ1n) is 8.34. The van der Waals surface area contributed by atoms with Gasteiger partial charge in [0.25, 0.3) is 0 Å². The Kier molecular flexibility index (Phi) is 4.56. The van der Waals surface area contributed by atoms with Gasteiger partial charge >= 0.3 is 5.63 Å². The zero-order valence-electron chi connectivity index (χ0n) is 15.0. The van der Waals surface area contributed by atoms with Gasteiger partial charge in [0.1, 0.15) is 11.3 Å². The van der Waals surface area contributed by atoms with Crippen molar-refractivity contribution in [3.05, 3.63) is 40.2 Å². The van der Waals surface area contributed by atoms with Crippen LogP contribution in [-0.4, -0.2) is 42.7 Å². The Labute approximate surface area is 146 Å². The molecule has 0 N–H and O–H groups in total. The number of benzene rings is 1. The van der Waals surface area contributed by atoms with Gasteiger partial charge in [0, 0.05) is 30.6 Å². The number of methoxy groups -OCH3 is 1. The molecule has 6 heteroatoms. The number of carbonyl (C=O) groups is 1. The maximum absolute atomic E-state index is 12.8. The minimum absolute atomic E-state index is 0.0189. The summed E-state index contributed by atoms with van der Waals surface area (Å²) in [6.07, 6.45) is 0.131. The molecule has 1 atom stereocenters. The van der Waals surface area contributed by atoms with Crippen LogP contribution in [0.2, 0.25) is 0 Å².